The van der Waals surface area contributed by atoms with Gasteiger partial charge in [0.25, 0.3) is 0 Å². The van der Waals surface area contributed by atoms with E-state index in [1.807, 2.05) is 31.2 Å². The summed E-state index contributed by atoms with van der Waals surface area (Å²) in [6.07, 6.45) is 1.77. The van der Waals surface area contributed by atoms with Crippen LogP contribution >= 0.6 is 31.9 Å². The first-order valence-corrected chi connectivity index (χ1v) is 6.00. The molecule has 2 aromatic rings. The van der Waals surface area contributed by atoms with Gasteiger partial charge in [-0.05, 0) is 31.2 Å². The SMILES string of the molecule is Cc1ccnc(-c2cc(Br)cc(Br)c2)n1. The molecule has 76 valence electrons. The number of aromatic nitrogens is 2. The lowest BCUT2D eigenvalue weighted by Gasteiger charge is -2.02. The van der Waals surface area contributed by atoms with Crippen LogP contribution in [0.4, 0.5) is 0 Å². The van der Waals surface area contributed by atoms with E-state index in [0.29, 0.717) is 0 Å². The highest BCUT2D eigenvalue weighted by Gasteiger charge is 2.03. The molecule has 2 nitrogen and oxygen atoms in total. The van der Waals surface area contributed by atoms with Gasteiger partial charge in [-0.1, -0.05) is 31.9 Å². The van der Waals surface area contributed by atoms with Crippen molar-refractivity contribution in [3.8, 4) is 11.4 Å². The van der Waals surface area contributed by atoms with E-state index in [1.165, 1.54) is 0 Å². The Bertz CT molecular complexity index is 477. The molecule has 1 heterocycles. The molecular formula is C11H8Br2N2. The zero-order valence-electron chi connectivity index (χ0n) is 8.04. The predicted octanol–water partition coefficient (Wildman–Crippen LogP) is 3.98. The van der Waals surface area contributed by atoms with Gasteiger partial charge in [0.05, 0.1) is 0 Å². The van der Waals surface area contributed by atoms with Crippen molar-refractivity contribution in [2.75, 3.05) is 0 Å². The smallest absolute Gasteiger partial charge is 0.159 e. The Morgan fingerprint density at radius 3 is 2.33 bits per heavy atom. The van der Waals surface area contributed by atoms with Crippen LogP contribution in [-0.2, 0) is 0 Å². The quantitative estimate of drug-likeness (QED) is 0.791. The van der Waals surface area contributed by atoms with Gasteiger partial charge < -0.3 is 0 Å². The Morgan fingerprint density at radius 2 is 1.73 bits per heavy atom. The Labute approximate surface area is 105 Å². The molecule has 0 unspecified atom stereocenters. The van der Waals surface area contributed by atoms with E-state index in [-0.39, 0.29) is 0 Å². The van der Waals surface area contributed by atoms with Gasteiger partial charge in [0.1, 0.15) is 0 Å². The van der Waals surface area contributed by atoms with Crippen molar-refractivity contribution in [1.29, 1.82) is 0 Å². The molecule has 0 atom stereocenters. The maximum atomic E-state index is 4.37. The van der Waals surface area contributed by atoms with Gasteiger partial charge in [-0.3, -0.25) is 0 Å². The lowest BCUT2D eigenvalue weighted by atomic mass is 10.2. The molecule has 0 aliphatic heterocycles. The molecule has 0 aliphatic rings. The standard InChI is InChI=1S/C11H8Br2N2/c1-7-2-3-14-11(15-7)8-4-9(12)6-10(13)5-8/h2-6H,1H3. The molecule has 0 N–H and O–H groups in total. The summed E-state index contributed by atoms with van der Waals surface area (Å²) in [4.78, 5) is 8.61. The summed E-state index contributed by atoms with van der Waals surface area (Å²) >= 11 is 6.89. The van der Waals surface area contributed by atoms with Crippen LogP contribution in [0.5, 0.6) is 0 Å². The molecule has 0 radical (unpaired) electrons. The molecule has 0 bridgehead atoms. The number of aryl methyl sites for hydroxylation is 1. The van der Waals surface area contributed by atoms with Gasteiger partial charge >= 0.3 is 0 Å². The van der Waals surface area contributed by atoms with E-state index in [0.717, 1.165) is 26.0 Å². The second-order valence-electron chi connectivity index (χ2n) is 3.18. The molecular weight excluding hydrogens is 320 g/mol. The maximum Gasteiger partial charge on any atom is 0.159 e. The molecule has 0 spiro atoms. The number of hydrogen-bond acceptors (Lipinski definition) is 2. The second-order valence-corrected chi connectivity index (χ2v) is 5.01. The lowest BCUT2D eigenvalue weighted by molar-refractivity contribution is 1.11. The molecule has 1 aromatic carbocycles. The van der Waals surface area contributed by atoms with Gasteiger partial charge in [0, 0.05) is 26.4 Å². The van der Waals surface area contributed by atoms with Gasteiger partial charge in [0.2, 0.25) is 0 Å². The highest BCUT2D eigenvalue weighted by Crippen LogP contribution is 2.25. The summed E-state index contributed by atoms with van der Waals surface area (Å²) in [6.45, 7) is 1.96. The molecule has 15 heavy (non-hydrogen) atoms. The fourth-order valence-corrected chi connectivity index (χ4v) is 2.56. The van der Waals surface area contributed by atoms with Crippen molar-refractivity contribution in [2.24, 2.45) is 0 Å². The monoisotopic (exact) mass is 326 g/mol. The van der Waals surface area contributed by atoms with Crippen molar-refractivity contribution < 1.29 is 0 Å². The van der Waals surface area contributed by atoms with Crippen molar-refractivity contribution in [2.45, 2.75) is 6.92 Å². The summed E-state index contributed by atoms with van der Waals surface area (Å²) in [7, 11) is 0. The van der Waals surface area contributed by atoms with Crippen LogP contribution in [0.1, 0.15) is 5.69 Å². The third kappa shape index (κ3) is 2.63. The third-order valence-corrected chi connectivity index (χ3v) is 2.83. The van der Waals surface area contributed by atoms with E-state index in [1.54, 1.807) is 6.20 Å². The van der Waals surface area contributed by atoms with Gasteiger partial charge in [-0.25, -0.2) is 9.97 Å². The predicted molar refractivity (Wildman–Crippen MR) is 67.6 cm³/mol. The fraction of sp³-hybridized carbons (Fsp3) is 0.0909. The van der Waals surface area contributed by atoms with E-state index < -0.39 is 0 Å². The van der Waals surface area contributed by atoms with Gasteiger partial charge in [-0.2, -0.15) is 0 Å². The molecule has 0 aliphatic carbocycles. The summed E-state index contributed by atoms with van der Waals surface area (Å²) in [6, 6.07) is 7.87. The van der Waals surface area contributed by atoms with E-state index in [4.69, 9.17) is 0 Å². The molecule has 0 amide bonds. The normalized spacial score (nSPS) is 10.3. The van der Waals surface area contributed by atoms with Crippen LogP contribution < -0.4 is 0 Å². The van der Waals surface area contributed by atoms with Crippen LogP contribution in [0.25, 0.3) is 11.4 Å². The Kier molecular flexibility index (Phi) is 3.17. The minimum Gasteiger partial charge on any atom is -0.237 e. The Hall–Kier alpha value is -0.740. The highest BCUT2D eigenvalue weighted by molar-refractivity contribution is 9.11. The number of hydrogen-bond donors (Lipinski definition) is 0. The molecule has 4 heteroatoms. The largest absolute Gasteiger partial charge is 0.237 e. The first kappa shape index (κ1) is 10.8. The number of halogens is 2. The zero-order chi connectivity index (χ0) is 10.8. The van der Waals surface area contributed by atoms with E-state index in [9.17, 15) is 0 Å². The molecule has 0 fully saturated rings. The summed E-state index contributed by atoms with van der Waals surface area (Å²) in [5.41, 5.74) is 1.97. The molecule has 0 saturated carbocycles. The second kappa shape index (κ2) is 4.41. The first-order valence-electron chi connectivity index (χ1n) is 4.41. The average molecular weight is 328 g/mol. The van der Waals surface area contributed by atoms with Crippen molar-refractivity contribution in [3.05, 3.63) is 45.1 Å². The lowest BCUT2D eigenvalue weighted by Crippen LogP contribution is -1.90. The highest BCUT2D eigenvalue weighted by atomic mass is 79.9. The number of benzene rings is 1. The molecule has 1 aromatic heterocycles. The average Bonchev–Trinajstić information content (AvgIpc) is 2.16. The summed E-state index contributed by atoms with van der Waals surface area (Å²) in [5.74, 6) is 0.747. The van der Waals surface area contributed by atoms with Crippen LogP contribution in [0.2, 0.25) is 0 Å². The van der Waals surface area contributed by atoms with Crippen LogP contribution in [0.15, 0.2) is 39.4 Å². The number of rotatable bonds is 1. The topological polar surface area (TPSA) is 25.8 Å². The zero-order valence-corrected chi connectivity index (χ0v) is 11.2. The Balaban J connectivity index is 2.54. The van der Waals surface area contributed by atoms with Crippen LogP contribution in [-0.4, -0.2) is 9.97 Å². The van der Waals surface area contributed by atoms with Gasteiger partial charge in [-0.15, -0.1) is 0 Å². The van der Waals surface area contributed by atoms with Crippen molar-refractivity contribution >= 4 is 31.9 Å². The molecule has 2 rings (SSSR count). The summed E-state index contributed by atoms with van der Waals surface area (Å²) < 4.78 is 2.02. The first-order chi connectivity index (χ1) is 7.15. The van der Waals surface area contributed by atoms with Crippen LogP contribution in [0, 0.1) is 6.92 Å². The molecule has 0 saturated heterocycles. The minimum atomic E-state index is 0.747. The van der Waals surface area contributed by atoms with E-state index in [2.05, 4.69) is 41.8 Å². The summed E-state index contributed by atoms with van der Waals surface area (Å²) in [5, 5.41) is 0. The van der Waals surface area contributed by atoms with Gasteiger partial charge in [0.15, 0.2) is 5.82 Å². The maximum absolute atomic E-state index is 4.37. The number of nitrogens with zero attached hydrogens (tertiary/aromatic N) is 2. The van der Waals surface area contributed by atoms with Crippen LogP contribution in [0.3, 0.4) is 0 Å². The van der Waals surface area contributed by atoms with E-state index >= 15 is 0 Å². The minimum absolute atomic E-state index is 0.747. The van der Waals surface area contributed by atoms with Crippen molar-refractivity contribution in [1.82, 2.24) is 9.97 Å². The fourth-order valence-electron chi connectivity index (χ4n) is 1.27. The van der Waals surface area contributed by atoms with Crippen molar-refractivity contribution in [3.63, 3.8) is 0 Å². The Morgan fingerprint density at radius 1 is 1.07 bits per heavy atom. The third-order valence-electron chi connectivity index (χ3n) is 1.92.